The Bertz CT molecular complexity index is 1180. The molecule has 4 heterocycles. The molecule has 170 valence electrons. The molecule has 0 N–H and O–H groups in total. The Hall–Kier alpha value is -3.15. The van der Waals surface area contributed by atoms with Crippen LogP contribution in [-0.2, 0) is 4.79 Å². The van der Waals surface area contributed by atoms with Gasteiger partial charge in [0.15, 0.2) is 0 Å². The highest BCUT2D eigenvalue weighted by Crippen LogP contribution is 2.68. The third-order valence-electron chi connectivity index (χ3n) is 7.88. The van der Waals surface area contributed by atoms with Crippen molar-refractivity contribution in [2.24, 2.45) is 10.8 Å². The molecule has 2 atom stereocenters. The fraction of sp³-hybridized carbons (Fsp3) is 0.500. The first kappa shape index (κ1) is 20.5. The number of carbonyl (C=O) groups is 1. The smallest absolute Gasteiger partial charge is 0.394 e. The molecule has 0 spiro atoms. The summed E-state index contributed by atoms with van der Waals surface area (Å²) in [6.07, 6.45) is 1.59. The van der Waals surface area contributed by atoms with Crippen molar-refractivity contribution in [2.45, 2.75) is 56.8 Å². The maximum Gasteiger partial charge on any atom is 0.394 e. The first-order valence-corrected chi connectivity index (χ1v) is 11.1. The van der Waals surface area contributed by atoms with Gasteiger partial charge in [0, 0.05) is 30.6 Å². The summed E-state index contributed by atoms with van der Waals surface area (Å²) in [6.45, 7) is 0.371. The van der Waals surface area contributed by atoms with Crippen LogP contribution >= 0.6 is 0 Å². The Morgan fingerprint density at radius 3 is 2.70 bits per heavy atom. The molecular weight excluding hydrogens is 433 g/mol. The molecule has 1 saturated heterocycles. The van der Waals surface area contributed by atoms with Gasteiger partial charge in [0.25, 0.3) is 0 Å². The lowest BCUT2D eigenvalue weighted by Crippen LogP contribution is -2.41. The maximum atomic E-state index is 13.7. The van der Waals surface area contributed by atoms with Crippen molar-refractivity contribution in [2.75, 3.05) is 6.54 Å². The van der Waals surface area contributed by atoms with Gasteiger partial charge in [-0.3, -0.25) is 9.78 Å². The van der Waals surface area contributed by atoms with Crippen LogP contribution in [-0.4, -0.2) is 44.8 Å². The minimum Gasteiger partial charge on any atom is -0.487 e. The molecule has 33 heavy (non-hydrogen) atoms. The third-order valence-corrected chi connectivity index (χ3v) is 7.88. The quantitative estimate of drug-likeness (QED) is 0.613. The van der Waals surface area contributed by atoms with E-state index in [2.05, 4.69) is 27.0 Å². The molecule has 0 aromatic carbocycles. The molecule has 4 aliphatic rings. The Morgan fingerprint density at radius 2 is 2.00 bits per heavy atom. The number of nitrogens with zero attached hydrogens (tertiary/aromatic N) is 4. The van der Waals surface area contributed by atoms with Gasteiger partial charge in [0.05, 0.1) is 29.0 Å². The van der Waals surface area contributed by atoms with E-state index in [9.17, 15) is 18.0 Å². The average Bonchev–Trinajstić information content (AvgIpc) is 3.50. The van der Waals surface area contributed by atoms with E-state index >= 15 is 0 Å². The maximum absolute atomic E-state index is 13.7. The van der Waals surface area contributed by atoms with Crippen LogP contribution in [0.1, 0.15) is 61.4 Å². The topological polar surface area (TPSA) is 68.2 Å². The van der Waals surface area contributed by atoms with Crippen molar-refractivity contribution in [3.63, 3.8) is 0 Å². The third kappa shape index (κ3) is 3.03. The van der Waals surface area contributed by atoms with E-state index in [1.807, 2.05) is 0 Å². The van der Waals surface area contributed by atoms with Crippen LogP contribution < -0.4 is 4.74 Å². The first-order valence-electron chi connectivity index (χ1n) is 11.1. The number of amides is 1. The van der Waals surface area contributed by atoms with Crippen molar-refractivity contribution in [1.82, 2.24) is 20.1 Å². The first-order chi connectivity index (χ1) is 15.8. The summed E-state index contributed by atoms with van der Waals surface area (Å²) in [5.74, 6) is 6.42. The summed E-state index contributed by atoms with van der Waals surface area (Å²) in [4.78, 5) is 19.7. The molecule has 4 bridgehead atoms. The van der Waals surface area contributed by atoms with E-state index in [1.54, 1.807) is 35.6 Å². The van der Waals surface area contributed by atoms with Crippen molar-refractivity contribution in [3.05, 3.63) is 47.5 Å². The Morgan fingerprint density at radius 1 is 1.18 bits per heavy atom. The number of aromatic nitrogens is 3. The van der Waals surface area contributed by atoms with Gasteiger partial charge in [0.2, 0.25) is 5.91 Å². The number of ether oxygens (including phenoxy) is 1. The zero-order valence-corrected chi connectivity index (χ0v) is 17.7. The van der Waals surface area contributed by atoms with E-state index in [0.717, 1.165) is 5.56 Å². The number of carbonyl (C=O) groups excluding carboxylic acids is 1. The number of hydrogen-bond acceptors (Lipinski definition) is 5. The lowest BCUT2D eigenvalue weighted by Gasteiger charge is -2.34. The van der Waals surface area contributed by atoms with Crippen molar-refractivity contribution >= 4 is 5.91 Å². The summed E-state index contributed by atoms with van der Waals surface area (Å²) in [5, 5.41) is 7.76. The second-order valence-corrected chi connectivity index (χ2v) is 9.65. The van der Waals surface area contributed by atoms with E-state index in [4.69, 9.17) is 4.74 Å². The average molecular weight is 454 g/mol. The van der Waals surface area contributed by atoms with E-state index < -0.39 is 17.0 Å². The molecule has 6 rings (SSSR count). The van der Waals surface area contributed by atoms with Crippen LogP contribution in [0.25, 0.3) is 0 Å². The SMILES string of the molecule is O=C(N1C[C@@H]2C[C@H]1c1cncc(C#Cc3cccnn3)c1O2)C12CCC(C(F)(F)F)(CC1)C2. The summed E-state index contributed by atoms with van der Waals surface area (Å²) < 4.78 is 47.4. The summed E-state index contributed by atoms with van der Waals surface area (Å²) in [7, 11) is 0. The van der Waals surface area contributed by atoms with Gasteiger partial charge in [-0.1, -0.05) is 5.92 Å². The highest BCUT2D eigenvalue weighted by atomic mass is 19.4. The molecule has 9 heteroatoms. The predicted molar refractivity (Wildman–Crippen MR) is 110 cm³/mol. The fourth-order valence-electron chi connectivity index (χ4n) is 6.18. The van der Waals surface area contributed by atoms with Crippen molar-refractivity contribution in [1.29, 1.82) is 0 Å². The van der Waals surface area contributed by atoms with Crippen LogP contribution in [0.3, 0.4) is 0 Å². The van der Waals surface area contributed by atoms with Crippen LogP contribution in [0.15, 0.2) is 30.7 Å². The molecule has 2 aliphatic heterocycles. The normalized spacial score (nSPS) is 31.5. The summed E-state index contributed by atoms with van der Waals surface area (Å²) in [5.41, 5.74) is -0.739. The van der Waals surface area contributed by atoms with Crippen LogP contribution in [0.2, 0.25) is 0 Å². The molecule has 2 aromatic rings. The standard InChI is InChI=1S/C24H21F3N4O2/c25-24(26,27)23-7-5-22(14-23,6-8-23)21(32)31-13-17-10-19(31)18-12-28-11-15(20(18)33-17)3-4-16-2-1-9-29-30-16/h1-2,9,11-12,17,19H,5-8,10,13-14H2/t17-,19-,22?,23?/m0/s1. The highest BCUT2D eigenvalue weighted by molar-refractivity contribution is 5.85. The Kier molecular flexibility index (Phi) is 4.29. The van der Waals surface area contributed by atoms with Gasteiger partial charge in [-0.25, -0.2) is 0 Å². The zero-order valence-electron chi connectivity index (χ0n) is 17.7. The van der Waals surface area contributed by atoms with E-state index in [1.165, 1.54) is 0 Å². The fourth-order valence-corrected chi connectivity index (χ4v) is 6.18. The van der Waals surface area contributed by atoms with Crippen molar-refractivity contribution < 1.29 is 22.7 Å². The molecule has 2 aliphatic carbocycles. The molecule has 2 saturated carbocycles. The summed E-state index contributed by atoms with van der Waals surface area (Å²) in [6, 6.07) is 3.24. The molecule has 2 aromatic heterocycles. The predicted octanol–water partition coefficient (Wildman–Crippen LogP) is 3.82. The molecule has 6 nitrogen and oxygen atoms in total. The molecular formula is C24H21F3N4O2. The molecule has 1 amide bonds. The summed E-state index contributed by atoms with van der Waals surface area (Å²) >= 11 is 0. The van der Waals surface area contributed by atoms with Crippen LogP contribution in [0.4, 0.5) is 13.2 Å². The van der Waals surface area contributed by atoms with Crippen LogP contribution in [0.5, 0.6) is 5.75 Å². The number of fused-ring (bicyclic) bond motifs is 6. The Labute approximate surface area is 188 Å². The van der Waals surface area contributed by atoms with Gasteiger partial charge in [-0.05, 0) is 50.2 Å². The van der Waals surface area contributed by atoms with Crippen molar-refractivity contribution in [3.8, 4) is 17.6 Å². The molecule has 0 radical (unpaired) electrons. The monoisotopic (exact) mass is 454 g/mol. The Balaban J connectivity index is 1.30. The number of halogens is 3. The zero-order chi connectivity index (χ0) is 22.8. The van der Waals surface area contributed by atoms with E-state index in [0.29, 0.717) is 42.8 Å². The van der Waals surface area contributed by atoms with Gasteiger partial charge in [0.1, 0.15) is 17.5 Å². The lowest BCUT2D eigenvalue weighted by molar-refractivity contribution is -0.220. The molecule has 0 unspecified atom stereocenters. The number of likely N-dealkylation sites (tertiary alicyclic amines) is 1. The largest absolute Gasteiger partial charge is 0.487 e. The number of hydrogen-bond donors (Lipinski definition) is 0. The van der Waals surface area contributed by atoms with Gasteiger partial charge in [-0.2, -0.15) is 18.3 Å². The number of rotatable bonds is 1. The van der Waals surface area contributed by atoms with Gasteiger partial charge >= 0.3 is 6.18 Å². The second-order valence-electron chi connectivity index (χ2n) is 9.65. The minimum atomic E-state index is -4.26. The second kappa shape index (κ2) is 6.92. The lowest BCUT2D eigenvalue weighted by atomic mass is 9.81. The number of alkyl halides is 3. The number of pyridine rings is 1. The van der Waals surface area contributed by atoms with Gasteiger partial charge < -0.3 is 9.64 Å². The van der Waals surface area contributed by atoms with Crippen LogP contribution in [0, 0.1) is 22.7 Å². The minimum absolute atomic E-state index is 0.0426. The van der Waals surface area contributed by atoms with Gasteiger partial charge in [-0.15, -0.1) is 5.10 Å². The highest BCUT2D eigenvalue weighted by Gasteiger charge is 2.69. The van der Waals surface area contributed by atoms with E-state index in [-0.39, 0.29) is 37.3 Å². The molecule has 3 fully saturated rings.